The Hall–Kier alpha value is -3.74. The van der Waals surface area contributed by atoms with E-state index in [1.165, 1.54) is 35.7 Å². The van der Waals surface area contributed by atoms with Crippen molar-refractivity contribution in [3.05, 3.63) is 53.3 Å². The summed E-state index contributed by atoms with van der Waals surface area (Å²) >= 11 is 5.85. The average Bonchev–Trinajstić information content (AvgIpc) is 3.44. The Morgan fingerprint density at radius 3 is 2.62 bits per heavy atom. The second kappa shape index (κ2) is 7.15. The number of rotatable bonds is 2. The van der Waals surface area contributed by atoms with E-state index in [1.54, 1.807) is 13.0 Å². The molecule has 1 atom stereocenters. The number of hydrogen-bond donors (Lipinski definition) is 1. The fourth-order valence-electron chi connectivity index (χ4n) is 3.63. The summed E-state index contributed by atoms with van der Waals surface area (Å²) in [6.45, 7) is 1.12. The van der Waals surface area contributed by atoms with Crippen molar-refractivity contribution < 1.29 is 18.0 Å². The van der Waals surface area contributed by atoms with Gasteiger partial charge in [-0.25, -0.2) is 19.3 Å². The molecule has 1 aliphatic rings. The molecule has 0 radical (unpaired) electrons. The lowest BCUT2D eigenvalue weighted by Crippen LogP contribution is -2.36. The van der Waals surface area contributed by atoms with Gasteiger partial charge < -0.3 is 5.32 Å². The largest absolute Gasteiger partial charge is 0.399 e. The summed E-state index contributed by atoms with van der Waals surface area (Å²) in [5.41, 5.74) is 0.922. The molecule has 1 aliphatic heterocycles. The maximum absolute atomic E-state index is 13.8. The van der Waals surface area contributed by atoms with Gasteiger partial charge in [0.05, 0.1) is 41.9 Å². The highest BCUT2D eigenvalue weighted by Gasteiger charge is 2.50. The van der Waals surface area contributed by atoms with Crippen molar-refractivity contribution in [2.75, 3.05) is 16.8 Å². The van der Waals surface area contributed by atoms with Crippen LogP contribution in [0.1, 0.15) is 17.2 Å². The molecule has 0 aromatic carbocycles. The maximum Gasteiger partial charge on any atom is 0.399 e. The molecule has 10 nitrogen and oxygen atoms in total. The van der Waals surface area contributed by atoms with Crippen LogP contribution < -0.4 is 10.2 Å². The third kappa shape index (κ3) is 3.30. The van der Waals surface area contributed by atoms with Crippen molar-refractivity contribution in [1.29, 1.82) is 0 Å². The summed E-state index contributed by atoms with van der Waals surface area (Å²) in [5, 5.41) is 14.5. The standard InChI is InChI=1S/C18H13ClF3N9O/c1-9-4-10(6-24-16(9)31-25-2-3-26-31)27-17(32)29-8-11(18(20,21)22)15-12(29)7-23-14-5-13(19)28-30(14)15/h2-7,11H,8H2,1H3,(H,27,32). The molecule has 164 valence electrons. The minimum atomic E-state index is -4.60. The van der Waals surface area contributed by atoms with Crippen LogP contribution in [0.5, 0.6) is 0 Å². The number of urea groups is 1. The number of hydrogen-bond acceptors (Lipinski definition) is 6. The molecule has 1 unspecified atom stereocenters. The van der Waals surface area contributed by atoms with E-state index in [9.17, 15) is 18.0 Å². The first-order chi connectivity index (χ1) is 15.2. The second-order valence-corrected chi connectivity index (χ2v) is 7.47. The van der Waals surface area contributed by atoms with Crippen LogP contribution in [-0.2, 0) is 0 Å². The fourth-order valence-corrected chi connectivity index (χ4v) is 3.80. The van der Waals surface area contributed by atoms with Crippen LogP contribution in [0.3, 0.4) is 0 Å². The van der Waals surface area contributed by atoms with Gasteiger partial charge in [-0.15, -0.1) is 4.80 Å². The maximum atomic E-state index is 13.8. The van der Waals surface area contributed by atoms with Crippen LogP contribution in [0.15, 0.2) is 36.9 Å². The van der Waals surface area contributed by atoms with E-state index in [0.717, 1.165) is 9.42 Å². The van der Waals surface area contributed by atoms with Crippen molar-refractivity contribution in [2.24, 2.45) is 0 Å². The third-order valence-corrected chi connectivity index (χ3v) is 5.19. The van der Waals surface area contributed by atoms with Gasteiger partial charge in [-0.05, 0) is 18.6 Å². The van der Waals surface area contributed by atoms with Gasteiger partial charge in [0.25, 0.3) is 0 Å². The van der Waals surface area contributed by atoms with Gasteiger partial charge in [-0.2, -0.15) is 28.5 Å². The predicted molar refractivity (Wildman–Crippen MR) is 107 cm³/mol. The molecule has 0 saturated carbocycles. The Balaban J connectivity index is 1.47. The SMILES string of the molecule is Cc1cc(NC(=O)N2CC(C(F)(F)F)c3c2cnc2cc(Cl)nn32)cnc1-n1nccn1. The normalized spacial score (nSPS) is 15.9. The highest BCUT2D eigenvalue weighted by Crippen LogP contribution is 2.45. The molecule has 5 rings (SSSR count). The third-order valence-electron chi connectivity index (χ3n) is 5.01. The van der Waals surface area contributed by atoms with E-state index in [4.69, 9.17) is 11.6 Å². The number of nitrogens with one attached hydrogen (secondary N) is 1. The Bertz CT molecular complexity index is 1340. The Kier molecular flexibility index (Phi) is 4.51. The van der Waals surface area contributed by atoms with E-state index in [1.807, 2.05) is 0 Å². The summed E-state index contributed by atoms with van der Waals surface area (Å²) in [5.74, 6) is -1.49. The van der Waals surface area contributed by atoms with Gasteiger partial charge in [0.15, 0.2) is 16.6 Å². The van der Waals surface area contributed by atoms with E-state index >= 15 is 0 Å². The molecular weight excluding hydrogens is 451 g/mol. The summed E-state index contributed by atoms with van der Waals surface area (Å²) in [7, 11) is 0. The Morgan fingerprint density at radius 1 is 1.19 bits per heavy atom. The Morgan fingerprint density at radius 2 is 1.94 bits per heavy atom. The molecule has 4 aromatic rings. The van der Waals surface area contributed by atoms with Crippen molar-refractivity contribution in [3.8, 4) is 5.82 Å². The quantitative estimate of drug-likeness (QED) is 0.488. The average molecular weight is 464 g/mol. The fraction of sp³-hybridized carbons (Fsp3) is 0.222. The topological polar surface area (TPSA) is 106 Å². The lowest BCUT2D eigenvalue weighted by atomic mass is 10.1. The lowest BCUT2D eigenvalue weighted by molar-refractivity contribution is -0.147. The van der Waals surface area contributed by atoms with Gasteiger partial charge in [-0.1, -0.05) is 11.6 Å². The zero-order chi connectivity index (χ0) is 22.6. The zero-order valence-electron chi connectivity index (χ0n) is 16.2. The summed E-state index contributed by atoms with van der Waals surface area (Å²) in [6, 6.07) is 2.21. The second-order valence-electron chi connectivity index (χ2n) is 7.08. The summed E-state index contributed by atoms with van der Waals surface area (Å²) in [6.07, 6.45) is 0.973. The molecule has 0 bridgehead atoms. The first-order valence-electron chi connectivity index (χ1n) is 9.25. The molecule has 0 saturated heterocycles. The van der Waals surface area contributed by atoms with E-state index in [2.05, 4.69) is 30.6 Å². The van der Waals surface area contributed by atoms with Crippen molar-refractivity contribution in [3.63, 3.8) is 0 Å². The summed E-state index contributed by atoms with van der Waals surface area (Å²) < 4.78 is 42.4. The number of pyridine rings is 1. The van der Waals surface area contributed by atoms with Gasteiger partial charge in [0.2, 0.25) is 0 Å². The van der Waals surface area contributed by atoms with Crippen LogP contribution in [0.2, 0.25) is 5.15 Å². The monoisotopic (exact) mass is 463 g/mol. The number of halogens is 4. The number of aromatic nitrogens is 7. The number of fused-ring (bicyclic) bond motifs is 3. The van der Waals surface area contributed by atoms with Gasteiger partial charge in [0, 0.05) is 12.6 Å². The minimum absolute atomic E-state index is 0.000802. The molecule has 14 heteroatoms. The molecule has 0 fully saturated rings. The Labute approximate surface area is 182 Å². The number of anilines is 2. The molecule has 4 aromatic heterocycles. The van der Waals surface area contributed by atoms with E-state index < -0.39 is 24.7 Å². The molecule has 1 N–H and O–H groups in total. The zero-order valence-corrected chi connectivity index (χ0v) is 17.0. The van der Waals surface area contributed by atoms with Crippen LogP contribution in [0.4, 0.5) is 29.3 Å². The van der Waals surface area contributed by atoms with Crippen LogP contribution in [-0.4, -0.2) is 53.3 Å². The molecule has 0 spiro atoms. The van der Waals surface area contributed by atoms with Gasteiger partial charge in [-0.3, -0.25) is 4.90 Å². The first kappa shape index (κ1) is 20.2. The number of carbonyl (C=O) groups is 1. The number of carbonyl (C=O) groups excluding carboxylic acids is 1. The molecule has 32 heavy (non-hydrogen) atoms. The van der Waals surface area contributed by atoms with Crippen molar-refractivity contribution >= 4 is 34.7 Å². The van der Waals surface area contributed by atoms with E-state index in [-0.39, 0.29) is 22.2 Å². The van der Waals surface area contributed by atoms with Crippen LogP contribution in [0.25, 0.3) is 11.5 Å². The van der Waals surface area contributed by atoms with Crippen molar-refractivity contribution in [1.82, 2.24) is 34.6 Å². The van der Waals surface area contributed by atoms with Crippen molar-refractivity contribution in [2.45, 2.75) is 19.0 Å². The summed E-state index contributed by atoms with van der Waals surface area (Å²) in [4.78, 5) is 23.5. The van der Waals surface area contributed by atoms with Gasteiger partial charge in [0.1, 0.15) is 5.92 Å². The molecule has 0 aliphatic carbocycles. The van der Waals surface area contributed by atoms with E-state index in [0.29, 0.717) is 17.1 Å². The lowest BCUT2D eigenvalue weighted by Gasteiger charge is -2.19. The smallest absolute Gasteiger partial charge is 0.306 e. The number of nitrogens with zero attached hydrogens (tertiary/aromatic N) is 8. The number of amides is 2. The molecule has 5 heterocycles. The first-order valence-corrected chi connectivity index (χ1v) is 9.63. The van der Waals surface area contributed by atoms with Crippen LogP contribution >= 0.6 is 11.6 Å². The van der Waals surface area contributed by atoms with Crippen LogP contribution in [0, 0.1) is 6.92 Å². The highest BCUT2D eigenvalue weighted by atomic mass is 35.5. The minimum Gasteiger partial charge on any atom is -0.306 e. The molecular formula is C18H13ClF3N9O. The number of alkyl halides is 3. The highest BCUT2D eigenvalue weighted by molar-refractivity contribution is 6.29. The molecule has 2 amide bonds. The van der Waals surface area contributed by atoms with Gasteiger partial charge >= 0.3 is 12.2 Å². The predicted octanol–water partition coefficient (Wildman–Crippen LogP) is 3.36. The number of aryl methyl sites for hydroxylation is 1.